The molecule has 1 N–H and O–H groups in total. The minimum absolute atomic E-state index is 0.0470. The lowest BCUT2D eigenvalue weighted by atomic mass is 10.0. The van der Waals surface area contributed by atoms with Crippen LogP contribution in [0.15, 0.2) is 71.1 Å². The highest BCUT2D eigenvalue weighted by Crippen LogP contribution is 2.36. The van der Waals surface area contributed by atoms with Gasteiger partial charge in [-0.15, -0.1) is 11.8 Å². The average Bonchev–Trinajstić information content (AvgIpc) is 3.28. The Hall–Kier alpha value is -2.70. The van der Waals surface area contributed by atoms with Gasteiger partial charge in [0.15, 0.2) is 5.76 Å². The molecule has 5 nitrogen and oxygen atoms in total. The second-order valence-corrected chi connectivity index (χ2v) is 9.72. The Morgan fingerprint density at radius 2 is 1.70 bits per heavy atom. The van der Waals surface area contributed by atoms with Crippen molar-refractivity contribution in [1.29, 1.82) is 0 Å². The fourth-order valence-corrected chi connectivity index (χ4v) is 5.30. The van der Waals surface area contributed by atoms with E-state index in [0.29, 0.717) is 35.4 Å². The number of hydrogen-bond acceptors (Lipinski definition) is 4. The van der Waals surface area contributed by atoms with Gasteiger partial charge in [-0.1, -0.05) is 54.1 Å². The van der Waals surface area contributed by atoms with Crippen LogP contribution in [0.5, 0.6) is 0 Å². The first-order valence-corrected chi connectivity index (χ1v) is 12.5. The molecule has 33 heavy (non-hydrogen) atoms. The number of likely N-dealkylation sites (tertiary alicyclic amines) is 1. The van der Waals surface area contributed by atoms with Crippen molar-refractivity contribution in [2.24, 2.45) is 0 Å². The lowest BCUT2D eigenvalue weighted by Crippen LogP contribution is -2.47. The number of amides is 2. The van der Waals surface area contributed by atoms with Crippen molar-refractivity contribution >= 4 is 35.2 Å². The smallest absolute Gasteiger partial charge is 0.287 e. The van der Waals surface area contributed by atoms with Crippen LogP contribution >= 0.6 is 23.4 Å². The summed E-state index contributed by atoms with van der Waals surface area (Å²) in [6, 6.07) is 21.5. The van der Waals surface area contributed by atoms with E-state index in [1.165, 1.54) is 0 Å². The third-order valence-electron chi connectivity index (χ3n) is 5.80. The summed E-state index contributed by atoms with van der Waals surface area (Å²) in [4.78, 5) is 27.2. The Bertz CT molecular complexity index is 1080. The Morgan fingerprint density at radius 3 is 2.33 bits per heavy atom. The molecule has 3 aromatic rings. The van der Waals surface area contributed by atoms with Gasteiger partial charge in [0.25, 0.3) is 5.91 Å². The summed E-state index contributed by atoms with van der Waals surface area (Å²) in [6.07, 6.45) is 1.47. The number of aryl methyl sites for hydroxylation is 1. The van der Waals surface area contributed by atoms with Crippen molar-refractivity contribution in [2.45, 2.75) is 31.1 Å². The number of piperidine rings is 1. The summed E-state index contributed by atoms with van der Waals surface area (Å²) in [5.74, 6) is 1.37. The van der Waals surface area contributed by atoms with E-state index in [1.807, 2.05) is 54.3 Å². The molecule has 0 radical (unpaired) electrons. The molecule has 1 unspecified atom stereocenters. The molecule has 1 aliphatic rings. The lowest BCUT2D eigenvalue weighted by Gasteiger charge is -2.32. The van der Waals surface area contributed by atoms with E-state index in [0.717, 1.165) is 24.0 Å². The molecule has 1 aromatic heterocycles. The summed E-state index contributed by atoms with van der Waals surface area (Å²) >= 11 is 7.70. The number of thioether (sulfide) groups is 1. The molecule has 1 saturated heterocycles. The maximum Gasteiger partial charge on any atom is 0.287 e. The molecule has 1 atom stereocenters. The standard InChI is InChI=1S/C26H27ClN2O3S/c1-18-7-12-23(32-18)26(31)28-22-13-15-29(16-14-22)24(30)17-33-25(19-5-3-2-4-6-19)20-8-10-21(27)11-9-20/h2-12,22,25H,13-17H2,1H3,(H,28,31). The number of hydrogen-bond donors (Lipinski definition) is 1. The normalized spacial score (nSPS) is 15.3. The molecule has 2 heterocycles. The Balaban J connectivity index is 1.31. The van der Waals surface area contributed by atoms with E-state index in [2.05, 4.69) is 17.4 Å². The van der Waals surface area contributed by atoms with Gasteiger partial charge in [0.2, 0.25) is 5.91 Å². The molecule has 0 bridgehead atoms. The predicted octanol–water partition coefficient (Wildman–Crippen LogP) is 5.49. The Morgan fingerprint density at radius 1 is 1.03 bits per heavy atom. The maximum atomic E-state index is 13.0. The highest BCUT2D eigenvalue weighted by atomic mass is 35.5. The van der Waals surface area contributed by atoms with Crippen LogP contribution in [-0.2, 0) is 4.79 Å². The monoisotopic (exact) mass is 482 g/mol. The van der Waals surface area contributed by atoms with Gasteiger partial charge in [0, 0.05) is 24.2 Å². The largest absolute Gasteiger partial charge is 0.456 e. The van der Waals surface area contributed by atoms with Crippen molar-refractivity contribution in [2.75, 3.05) is 18.8 Å². The molecular formula is C26H27ClN2O3S. The molecule has 4 rings (SSSR count). The first kappa shape index (κ1) is 23.5. The molecule has 172 valence electrons. The fourth-order valence-electron chi connectivity index (χ4n) is 3.98. The number of rotatable bonds is 7. The number of carbonyl (C=O) groups is 2. The second-order valence-electron chi connectivity index (χ2n) is 8.19. The number of benzene rings is 2. The van der Waals surface area contributed by atoms with Crippen molar-refractivity contribution in [3.05, 3.63) is 94.4 Å². The molecule has 2 aromatic carbocycles. The summed E-state index contributed by atoms with van der Waals surface area (Å²) in [5, 5.41) is 3.77. The Kier molecular flexibility index (Phi) is 7.78. The van der Waals surface area contributed by atoms with Crippen LogP contribution < -0.4 is 5.32 Å². The van der Waals surface area contributed by atoms with Gasteiger partial charge >= 0.3 is 0 Å². The molecular weight excluding hydrogens is 456 g/mol. The lowest BCUT2D eigenvalue weighted by molar-refractivity contribution is -0.129. The molecule has 0 saturated carbocycles. The average molecular weight is 483 g/mol. The topological polar surface area (TPSA) is 62.6 Å². The van der Waals surface area contributed by atoms with E-state index in [1.54, 1.807) is 23.9 Å². The number of halogens is 1. The Labute approximate surface area is 203 Å². The van der Waals surface area contributed by atoms with Gasteiger partial charge in [-0.3, -0.25) is 9.59 Å². The quantitative estimate of drug-likeness (QED) is 0.484. The van der Waals surface area contributed by atoms with Gasteiger partial charge in [-0.2, -0.15) is 0 Å². The zero-order valence-electron chi connectivity index (χ0n) is 18.5. The van der Waals surface area contributed by atoms with Gasteiger partial charge in [-0.25, -0.2) is 0 Å². The van der Waals surface area contributed by atoms with Crippen LogP contribution in [0.4, 0.5) is 0 Å². The van der Waals surface area contributed by atoms with Gasteiger partial charge in [-0.05, 0) is 55.2 Å². The molecule has 7 heteroatoms. The zero-order valence-corrected chi connectivity index (χ0v) is 20.1. The molecule has 0 spiro atoms. The van der Waals surface area contributed by atoms with E-state index in [4.69, 9.17) is 16.0 Å². The third-order valence-corrected chi connectivity index (χ3v) is 7.34. The van der Waals surface area contributed by atoms with Crippen molar-refractivity contribution in [3.8, 4) is 0 Å². The third kappa shape index (κ3) is 6.21. The first-order valence-electron chi connectivity index (χ1n) is 11.1. The van der Waals surface area contributed by atoms with Crippen LogP contribution in [0, 0.1) is 6.92 Å². The van der Waals surface area contributed by atoms with Crippen molar-refractivity contribution in [1.82, 2.24) is 10.2 Å². The SMILES string of the molecule is Cc1ccc(C(=O)NC2CCN(C(=O)CSC(c3ccccc3)c3ccc(Cl)cc3)CC2)o1. The minimum Gasteiger partial charge on any atom is -0.456 e. The summed E-state index contributed by atoms with van der Waals surface area (Å²) < 4.78 is 5.39. The number of nitrogens with one attached hydrogen (secondary N) is 1. The highest BCUT2D eigenvalue weighted by molar-refractivity contribution is 8.00. The number of nitrogens with zero attached hydrogens (tertiary/aromatic N) is 1. The minimum atomic E-state index is -0.197. The van der Waals surface area contributed by atoms with E-state index >= 15 is 0 Å². The maximum absolute atomic E-state index is 13.0. The van der Waals surface area contributed by atoms with Crippen molar-refractivity contribution < 1.29 is 14.0 Å². The van der Waals surface area contributed by atoms with Crippen LogP contribution in [0.2, 0.25) is 5.02 Å². The summed E-state index contributed by atoms with van der Waals surface area (Å²) in [7, 11) is 0. The number of furan rings is 1. The zero-order chi connectivity index (χ0) is 23.2. The first-order chi connectivity index (χ1) is 16.0. The van der Waals surface area contributed by atoms with Gasteiger partial charge < -0.3 is 14.6 Å². The van der Waals surface area contributed by atoms with Crippen molar-refractivity contribution in [3.63, 3.8) is 0 Å². The van der Waals surface area contributed by atoms with E-state index < -0.39 is 0 Å². The highest BCUT2D eigenvalue weighted by Gasteiger charge is 2.26. The van der Waals surface area contributed by atoms with E-state index in [-0.39, 0.29) is 23.1 Å². The molecule has 1 fully saturated rings. The number of carbonyl (C=O) groups excluding carboxylic acids is 2. The molecule has 1 aliphatic heterocycles. The van der Waals surface area contributed by atoms with Crippen LogP contribution in [-0.4, -0.2) is 41.6 Å². The predicted molar refractivity (Wildman–Crippen MR) is 133 cm³/mol. The molecule has 2 amide bonds. The van der Waals surface area contributed by atoms with Crippen LogP contribution in [0.1, 0.15) is 45.5 Å². The van der Waals surface area contributed by atoms with Crippen LogP contribution in [0.3, 0.4) is 0 Å². The van der Waals surface area contributed by atoms with Gasteiger partial charge in [0.05, 0.1) is 11.0 Å². The van der Waals surface area contributed by atoms with Gasteiger partial charge in [0.1, 0.15) is 5.76 Å². The second kappa shape index (κ2) is 10.9. The fraction of sp³-hybridized carbons (Fsp3) is 0.308. The summed E-state index contributed by atoms with van der Waals surface area (Å²) in [5.41, 5.74) is 2.28. The van der Waals surface area contributed by atoms with E-state index in [9.17, 15) is 9.59 Å². The molecule has 0 aliphatic carbocycles. The summed E-state index contributed by atoms with van der Waals surface area (Å²) in [6.45, 7) is 3.09. The van der Waals surface area contributed by atoms with Crippen LogP contribution in [0.25, 0.3) is 0 Å².